The zero-order valence-electron chi connectivity index (χ0n) is 17.4. The number of carbonyl (C=O) groups is 1. The number of carbonyl (C=O) groups excluding carboxylic acids is 1. The molecule has 9 heteroatoms. The fraction of sp³-hybridized carbons (Fsp3) is 0.182. The topological polar surface area (TPSA) is 105 Å². The van der Waals surface area contributed by atoms with E-state index in [0.717, 1.165) is 22.9 Å². The number of nitrogens with zero attached hydrogens (tertiary/aromatic N) is 3. The van der Waals surface area contributed by atoms with Gasteiger partial charge in [-0.1, -0.05) is 30.3 Å². The Morgan fingerprint density at radius 2 is 1.65 bits per heavy atom. The van der Waals surface area contributed by atoms with Crippen molar-refractivity contribution >= 4 is 33.3 Å². The Labute approximate surface area is 184 Å². The van der Waals surface area contributed by atoms with Crippen molar-refractivity contribution in [2.24, 2.45) is 4.40 Å². The molecule has 0 radical (unpaired) electrons. The fourth-order valence-corrected chi connectivity index (χ4v) is 5.92. The number of H-pyrrole nitrogens is 1. The molecule has 0 aliphatic heterocycles. The predicted molar refractivity (Wildman–Crippen MR) is 120 cm³/mol. The van der Waals surface area contributed by atoms with E-state index >= 15 is 0 Å². The molecule has 158 valence electrons. The van der Waals surface area contributed by atoms with Crippen LogP contribution in [-0.4, -0.2) is 35.1 Å². The zero-order valence-corrected chi connectivity index (χ0v) is 19.1. The lowest BCUT2D eigenvalue weighted by Crippen LogP contribution is -2.18. The van der Waals surface area contributed by atoms with Crippen molar-refractivity contribution in [3.05, 3.63) is 81.0 Å². The number of allylic oxidation sites excluding steroid dienone is 2. The highest BCUT2D eigenvalue weighted by Crippen LogP contribution is 2.33. The summed E-state index contributed by atoms with van der Waals surface area (Å²) in [5, 5.41) is 6.92. The van der Waals surface area contributed by atoms with E-state index in [0.29, 0.717) is 32.3 Å². The van der Waals surface area contributed by atoms with Crippen LogP contribution in [0.3, 0.4) is 0 Å². The van der Waals surface area contributed by atoms with Gasteiger partial charge in [-0.2, -0.15) is 17.9 Å². The molecule has 1 aromatic heterocycles. The molecular weight excluding hydrogens is 432 g/mol. The third-order valence-electron chi connectivity index (χ3n) is 5.31. The Morgan fingerprint density at radius 1 is 1.00 bits per heavy atom. The van der Waals surface area contributed by atoms with Crippen molar-refractivity contribution in [1.29, 1.82) is 0 Å². The largest absolute Gasteiger partial charge is 0.288 e. The van der Waals surface area contributed by atoms with E-state index < -0.39 is 10.0 Å². The first-order valence-electron chi connectivity index (χ1n) is 9.50. The van der Waals surface area contributed by atoms with Gasteiger partial charge in [0.05, 0.1) is 15.5 Å². The van der Waals surface area contributed by atoms with Gasteiger partial charge in [-0.15, -0.1) is 0 Å². The second kappa shape index (κ2) is 7.90. The Bertz CT molecular complexity index is 1350. The summed E-state index contributed by atoms with van der Waals surface area (Å²) >= 11 is 1.09. The van der Waals surface area contributed by atoms with E-state index in [1.807, 2.05) is 19.9 Å². The van der Waals surface area contributed by atoms with E-state index in [4.69, 9.17) is 0 Å². The van der Waals surface area contributed by atoms with E-state index in [1.54, 1.807) is 38.1 Å². The molecule has 0 amide bonds. The standard InChI is InChI=1S/C22H20N4O3S2/c1-12-9-13(2)15(4)21(14(12)3)31(28,29)26-18-10-19(30-22-23-11-24-25-22)20(27)17-8-6-5-7-16(17)18/h5-11H,1-4H3,(H,23,24,25). The molecule has 0 bridgehead atoms. The van der Waals surface area contributed by atoms with Crippen LogP contribution in [0.1, 0.15) is 38.2 Å². The summed E-state index contributed by atoms with van der Waals surface area (Å²) in [5.74, 6) is -0.216. The SMILES string of the molecule is Cc1cc(C)c(C)c(S(=O)(=O)N=C2C=C(Sc3ncn[nH]3)C(=O)c3ccccc32)c1C. The molecule has 3 aromatic rings. The van der Waals surface area contributed by atoms with Crippen molar-refractivity contribution in [1.82, 2.24) is 15.2 Å². The van der Waals surface area contributed by atoms with Gasteiger partial charge in [0.25, 0.3) is 10.0 Å². The van der Waals surface area contributed by atoms with Crippen LogP contribution in [0.2, 0.25) is 0 Å². The van der Waals surface area contributed by atoms with Crippen molar-refractivity contribution in [2.75, 3.05) is 0 Å². The maximum Gasteiger partial charge on any atom is 0.283 e. The molecule has 0 unspecified atom stereocenters. The van der Waals surface area contributed by atoms with Crippen LogP contribution >= 0.6 is 11.8 Å². The third kappa shape index (κ3) is 3.86. The first kappa shape index (κ1) is 21.2. The highest BCUT2D eigenvalue weighted by atomic mass is 32.2. The van der Waals surface area contributed by atoms with Gasteiger partial charge in [-0.05, 0) is 67.8 Å². The van der Waals surface area contributed by atoms with Gasteiger partial charge in [0.15, 0.2) is 5.16 Å². The monoisotopic (exact) mass is 452 g/mol. The number of sulfonamides is 1. The van der Waals surface area contributed by atoms with E-state index in [-0.39, 0.29) is 16.4 Å². The first-order chi connectivity index (χ1) is 14.7. The minimum atomic E-state index is -4.02. The van der Waals surface area contributed by atoms with Gasteiger partial charge in [-0.25, -0.2) is 4.98 Å². The van der Waals surface area contributed by atoms with E-state index in [2.05, 4.69) is 19.6 Å². The number of aryl methyl sites for hydroxylation is 2. The van der Waals surface area contributed by atoms with E-state index in [9.17, 15) is 13.2 Å². The predicted octanol–water partition coefficient (Wildman–Crippen LogP) is 4.09. The van der Waals surface area contributed by atoms with Crippen LogP contribution in [-0.2, 0) is 10.0 Å². The summed E-state index contributed by atoms with van der Waals surface area (Å²) in [4.78, 5) is 17.5. The number of nitrogens with one attached hydrogen (secondary N) is 1. The number of Topliss-reactive ketones (excluding diaryl/α,β-unsaturated/α-hetero) is 1. The lowest BCUT2D eigenvalue weighted by atomic mass is 9.94. The molecule has 0 atom stereocenters. The van der Waals surface area contributed by atoms with Gasteiger partial charge in [-0.3, -0.25) is 9.89 Å². The average Bonchev–Trinajstić information content (AvgIpc) is 3.23. The van der Waals surface area contributed by atoms with E-state index in [1.165, 1.54) is 12.4 Å². The Morgan fingerprint density at radius 3 is 2.26 bits per heavy atom. The van der Waals surface area contributed by atoms with Crippen LogP contribution < -0.4 is 0 Å². The molecule has 7 nitrogen and oxygen atoms in total. The number of hydrogen-bond donors (Lipinski definition) is 1. The quantitative estimate of drug-likeness (QED) is 0.639. The van der Waals surface area contributed by atoms with Crippen molar-refractivity contribution in [3.63, 3.8) is 0 Å². The molecule has 0 saturated carbocycles. The number of rotatable bonds is 4. The van der Waals surface area contributed by atoms with Crippen molar-refractivity contribution in [2.45, 2.75) is 37.7 Å². The number of ketones is 1. The molecule has 0 saturated heterocycles. The average molecular weight is 453 g/mol. The smallest absolute Gasteiger partial charge is 0.283 e. The fourth-order valence-electron chi connectivity index (χ4n) is 3.55. The number of thioether (sulfide) groups is 1. The van der Waals surface area contributed by atoms with Gasteiger partial charge < -0.3 is 0 Å². The van der Waals surface area contributed by atoms with Crippen LogP contribution in [0, 0.1) is 27.7 Å². The van der Waals surface area contributed by atoms with Gasteiger partial charge >= 0.3 is 0 Å². The number of benzene rings is 2. The number of fused-ring (bicyclic) bond motifs is 1. The Hall–Kier alpha value is -3.04. The van der Waals surface area contributed by atoms with Crippen molar-refractivity contribution in [3.8, 4) is 0 Å². The van der Waals surface area contributed by atoms with Gasteiger partial charge in [0, 0.05) is 11.1 Å². The Kier molecular flexibility index (Phi) is 5.40. The van der Waals surface area contributed by atoms with Crippen molar-refractivity contribution < 1.29 is 13.2 Å². The van der Waals surface area contributed by atoms with Crippen LogP contribution in [0.4, 0.5) is 0 Å². The van der Waals surface area contributed by atoms with Crippen LogP contribution in [0.25, 0.3) is 0 Å². The summed E-state index contributed by atoms with van der Waals surface area (Å²) in [7, 11) is -4.02. The molecule has 0 fully saturated rings. The minimum absolute atomic E-state index is 0.213. The summed E-state index contributed by atoms with van der Waals surface area (Å²) in [5.41, 5.74) is 4.22. The minimum Gasteiger partial charge on any atom is -0.288 e. The molecular formula is C22H20N4O3S2. The van der Waals surface area contributed by atoms with Crippen LogP contribution in [0.15, 0.2) is 62.1 Å². The third-order valence-corrected chi connectivity index (χ3v) is 7.79. The molecule has 2 aromatic carbocycles. The lowest BCUT2D eigenvalue weighted by Gasteiger charge is -2.18. The second-order valence-corrected chi connectivity index (χ2v) is 9.89. The van der Waals surface area contributed by atoms with Gasteiger partial charge in [0.2, 0.25) is 5.78 Å². The molecule has 1 N–H and O–H groups in total. The number of aromatic amines is 1. The highest BCUT2D eigenvalue weighted by Gasteiger charge is 2.28. The maximum atomic E-state index is 13.4. The molecule has 1 aliphatic rings. The maximum absolute atomic E-state index is 13.4. The summed E-state index contributed by atoms with van der Waals surface area (Å²) < 4.78 is 31.0. The molecule has 1 heterocycles. The highest BCUT2D eigenvalue weighted by molar-refractivity contribution is 8.04. The Balaban J connectivity index is 1.90. The normalized spacial score (nSPS) is 15.2. The number of hydrogen-bond acceptors (Lipinski definition) is 6. The molecule has 0 spiro atoms. The summed E-state index contributed by atoms with van der Waals surface area (Å²) in [6, 6.07) is 8.83. The lowest BCUT2D eigenvalue weighted by molar-refractivity contribution is 0.104. The number of aromatic nitrogens is 3. The molecule has 31 heavy (non-hydrogen) atoms. The molecule has 4 rings (SSSR count). The second-order valence-electron chi connectivity index (χ2n) is 7.32. The summed E-state index contributed by atoms with van der Waals surface area (Å²) in [6.07, 6.45) is 2.85. The zero-order chi connectivity index (χ0) is 22.3. The van der Waals surface area contributed by atoms with Crippen LogP contribution in [0.5, 0.6) is 0 Å². The summed E-state index contributed by atoms with van der Waals surface area (Å²) in [6.45, 7) is 7.34. The van der Waals surface area contributed by atoms with Gasteiger partial charge in [0.1, 0.15) is 6.33 Å². The first-order valence-corrected chi connectivity index (χ1v) is 11.8. The molecule has 1 aliphatic carbocycles.